The van der Waals surface area contributed by atoms with Crippen molar-refractivity contribution >= 4 is 29.9 Å². The summed E-state index contributed by atoms with van der Waals surface area (Å²) in [6.45, 7) is 9.11. The number of halogens is 2. The number of hydrogen-bond acceptors (Lipinski definition) is 2. The fourth-order valence-corrected chi connectivity index (χ4v) is 2.06. The minimum absolute atomic E-state index is 0. The van der Waals surface area contributed by atoms with E-state index in [1.807, 2.05) is 13.0 Å². The van der Waals surface area contributed by atoms with Gasteiger partial charge in [-0.25, -0.2) is 4.39 Å². The van der Waals surface area contributed by atoms with E-state index in [0.29, 0.717) is 6.54 Å². The lowest BCUT2D eigenvalue weighted by atomic mass is 9.84. The first-order valence-electron chi connectivity index (χ1n) is 7.78. The van der Waals surface area contributed by atoms with E-state index < -0.39 is 0 Å². The minimum atomic E-state index is -0.205. The average Bonchev–Trinajstić information content (AvgIpc) is 2.50. The molecule has 0 aromatic heterocycles. The first kappa shape index (κ1) is 22.1. The summed E-state index contributed by atoms with van der Waals surface area (Å²) in [4.78, 5) is 4.20. The molecule has 0 atom stereocenters. The van der Waals surface area contributed by atoms with Crippen LogP contribution in [0.2, 0.25) is 0 Å². The van der Waals surface area contributed by atoms with Gasteiger partial charge >= 0.3 is 0 Å². The first-order chi connectivity index (χ1) is 10.5. The summed E-state index contributed by atoms with van der Waals surface area (Å²) in [6.07, 6.45) is 0.932. The summed E-state index contributed by atoms with van der Waals surface area (Å²) >= 11 is 0. The van der Waals surface area contributed by atoms with Crippen molar-refractivity contribution in [3.8, 4) is 0 Å². The van der Waals surface area contributed by atoms with Crippen LogP contribution in [-0.2, 0) is 10.2 Å². The highest BCUT2D eigenvalue weighted by atomic mass is 127. The molecule has 4 nitrogen and oxygen atoms in total. The number of rotatable bonds is 8. The predicted molar refractivity (Wildman–Crippen MR) is 105 cm³/mol. The van der Waals surface area contributed by atoms with Gasteiger partial charge in [0.25, 0.3) is 0 Å². The van der Waals surface area contributed by atoms with Crippen LogP contribution < -0.4 is 10.6 Å². The van der Waals surface area contributed by atoms with Gasteiger partial charge in [0.1, 0.15) is 5.82 Å². The molecule has 1 aromatic rings. The molecule has 2 N–H and O–H groups in total. The van der Waals surface area contributed by atoms with Crippen LogP contribution in [-0.4, -0.2) is 39.3 Å². The third-order valence-electron chi connectivity index (χ3n) is 3.49. The number of benzene rings is 1. The van der Waals surface area contributed by atoms with Crippen molar-refractivity contribution in [2.45, 2.75) is 32.6 Å². The van der Waals surface area contributed by atoms with Gasteiger partial charge < -0.3 is 15.4 Å². The number of nitrogens with one attached hydrogen (secondary N) is 2. The molecular weight excluding hydrogens is 408 g/mol. The van der Waals surface area contributed by atoms with Gasteiger partial charge in [-0.3, -0.25) is 4.99 Å². The van der Waals surface area contributed by atoms with Crippen molar-refractivity contribution in [3.63, 3.8) is 0 Å². The SMILES string of the molecule is CCOCCCNC(=NC)NCC(C)(C)c1cccc(F)c1.I. The highest BCUT2D eigenvalue weighted by molar-refractivity contribution is 14.0. The van der Waals surface area contributed by atoms with E-state index in [-0.39, 0.29) is 35.2 Å². The zero-order valence-electron chi connectivity index (χ0n) is 14.5. The van der Waals surface area contributed by atoms with Gasteiger partial charge in [0.15, 0.2) is 5.96 Å². The lowest BCUT2D eigenvalue weighted by Crippen LogP contribution is -2.43. The molecule has 0 unspecified atom stereocenters. The Morgan fingerprint density at radius 2 is 2.04 bits per heavy atom. The van der Waals surface area contributed by atoms with E-state index in [2.05, 4.69) is 29.5 Å². The number of hydrogen-bond donors (Lipinski definition) is 2. The van der Waals surface area contributed by atoms with Gasteiger partial charge in [0.2, 0.25) is 0 Å². The van der Waals surface area contributed by atoms with Crippen molar-refractivity contribution < 1.29 is 9.13 Å². The molecule has 0 fully saturated rings. The van der Waals surface area contributed by atoms with Crippen molar-refractivity contribution in [3.05, 3.63) is 35.6 Å². The molecule has 6 heteroatoms. The molecule has 0 radical (unpaired) electrons. The molecule has 132 valence electrons. The van der Waals surface area contributed by atoms with E-state index in [1.165, 1.54) is 6.07 Å². The second-order valence-corrected chi connectivity index (χ2v) is 5.80. The molecule has 0 aliphatic heterocycles. The normalized spacial score (nSPS) is 11.8. The summed E-state index contributed by atoms with van der Waals surface area (Å²) in [5.74, 6) is 0.546. The van der Waals surface area contributed by atoms with Crippen LogP contribution in [0, 0.1) is 5.82 Å². The van der Waals surface area contributed by atoms with Crippen LogP contribution in [0.5, 0.6) is 0 Å². The molecule has 1 aromatic carbocycles. The van der Waals surface area contributed by atoms with Gasteiger partial charge in [-0.2, -0.15) is 0 Å². The van der Waals surface area contributed by atoms with E-state index in [9.17, 15) is 4.39 Å². The quantitative estimate of drug-likeness (QED) is 0.284. The van der Waals surface area contributed by atoms with Gasteiger partial charge in [-0.05, 0) is 31.0 Å². The maximum Gasteiger partial charge on any atom is 0.191 e. The first-order valence-corrected chi connectivity index (χ1v) is 7.78. The van der Waals surface area contributed by atoms with E-state index in [4.69, 9.17) is 4.74 Å². The third kappa shape index (κ3) is 8.50. The monoisotopic (exact) mass is 437 g/mol. The predicted octanol–water partition coefficient (Wildman–Crippen LogP) is 3.31. The number of aliphatic imine (C=N–C) groups is 1. The van der Waals surface area contributed by atoms with Crippen molar-refractivity contribution in [1.82, 2.24) is 10.6 Å². The maximum atomic E-state index is 13.4. The number of ether oxygens (including phenoxy) is 1. The Labute approximate surface area is 156 Å². The molecule has 0 bridgehead atoms. The van der Waals surface area contributed by atoms with Crippen LogP contribution >= 0.6 is 24.0 Å². The Kier molecular flexibility index (Phi) is 11.2. The Morgan fingerprint density at radius 3 is 2.65 bits per heavy atom. The Morgan fingerprint density at radius 1 is 1.30 bits per heavy atom. The van der Waals surface area contributed by atoms with Gasteiger partial charge in [-0.1, -0.05) is 26.0 Å². The number of nitrogens with zero attached hydrogens (tertiary/aromatic N) is 1. The molecule has 0 heterocycles. The van der Waals surface area contributed by atoms with Crippen LogP contribution in [0.3, 0.4) is 0 Å². The van der Waals surface area contributed by atoms with Gasteiger partial charge in [-0.15, -0.1) is 24.0 Å². The summed E-state index contributed by atoms with van der Waals surface area (Å²) in [7, 11) is 1.74. The Balaban J connectivity index is 0.00000484. The van der Waals surface area contributed by atoms with Crippen LogP contribution in [0.1, 0.15) is 32.8 Å². The van der Waals surface area contributed by atoms with Crippen molar-refractivity contribution in [2.75, 3.05) is 33.4 Å². The molecule has 0 amide bonds. The van der Waals surface area contributed by atoms with Crippen LogP contribution in [0.25, 0.3) is 0 Å². The zero-order chi connectivity index (χ0) is 16.4. The lowest BCUT2D eigenvalue weighted by Gasteiger charge is -2.26. The minimum Gasteiger partial charge on any atom is -0.382 e. The molecule has 0 saturated heterocycles. The topological polar surface area (TPSA) is 45.6 Å². The zero-order valence-corrected chi connectivity index (χ0v) is 16.8. The Bertz CT molecular complexity index is 481. The molecule has 0 aliphatic carbocycles. The van der Waals surface area contributed by atoms with Crippen LogP contribution in [0.4, 0.5) is 4.39 Å². The average molecular weight is 437 g/mol. The smallest absolute Gasteiger partial charge is 0.191 e. The van der Waals surface area contributed by atoms with Crippen molar-refractivity contribution in [2.24, 2.45) is 4.99 Å². The van der Waals surface area contributed by atoms with Gasteiger partial charge in [0.05, 0.1) is 0 Å². The summed E-state index contributed by atoms with van der Waals surface area (Å²) < 4.78 is 18.7. The standard InChI is InChI=1S/C17H28FN3O.HI/c1-5-22-11-7-10-20-16(19-4)21-13-17(2,3)14-8-6-9-15(18)12-14;/h6,8-9,12H,5,7,10-11,13H2,1-4H3,(H2,19,20,21);1H. The van der Waals surface area contributed by atoms with Gasteiger partial charge in [0, 0.05) is 38.8 Å². The summed E-state index contributed by atoms with van der Waals surface area (Å²) in [5.41, 5.74) is 0.775. The molecular formula is C17H29FIN3O. The largest absolute Gasteiger partial charge is 0.382 e. The van der Waals surface area contributed by atoms with E-state index in [0.717, 1.165) is 37.7 Å². The third-order valence-corrected chi connectivity index (χ3v) is 3.49. The lowest BCUT2D eigenvalue weighted by molar-refractivity contribution is 0.145. The summed E-state index contributed by atoms with van der Waals surface area (Å²) in [6, 6.07) is 6.74. The molecule has 0 saturated carbocycles. The summed E-state index contributed by atoms with van der Waals surface area (Å²) in [5, 5.41) is 6.54. The second-order valence-electron chi connectivity index (χ2n) is 5.80. The molecule has 0 aliphatic rings. The highest BCUT2D eigenvalue weighted by Crippen LogP contribution is 2.22. The van der Waals surface area contributed by atoms with E-state index >= 15 is 0 Å². The molecule has 23 heavy (non-hydrogen) atoms. The van der Waals surface area contributed by atoms with Crippen LogP contribution in [0.15, 0.2) is 29.3 Å². The maximum absolute atomic E-state index is 13.4. The van der Waals surface area contributed by atoms with Crippen molar-refractivity contribution in [1.29, 1.82) is 0 Å². The molecule has 1 rings (SSSR count). The molecule has 0 spiro atoms. The Hall–Kier alpha value is -0.890. The number of guanidine groups is 1. The highest BCUT2D eigenvalue weighted by Gasteiger charge is 2.21. The second kappa shape index (κ2) is 11.6. The fourth-order valence-electron chi connectivity index (χ4n) is 2.06. The van der Waals surface area contributed by atoms with E-state index in [1.54, 1.807) is 19.2 Å². The fraction of sp³-hybridized carbons (Fsp3) is 0.588.